The second-order valence-electron chi connectivity index (χ2n) is 9.16. The number of halogens is 1. The summed E-state index contributed by atoms with van der Waals surface area (Å²) in [5, 5.41) is 21.3. The lowest BCUT2D eigenvalue weighted by Gasteiger charge is -2.40. The van der Waals surface area contributed by atoms with E-state index in [-0.39, 0.29) is 23.2 Å². The summed E-state index contributed by atoms with van der Waals surface area (Å²) < 4.78 is 16.1. The lowest BCUT2D eigenvalue weighted by atomic mass is 10.1. The lowest BCUT2D eigenvalue weighted by molar-refractivity contribution is -0.384. The van der Waals surface area contributed by atoms with Crippen molar-refractivity contribution in [1.82, 2.24) is 24.5 Å². The highest BCUT2D eigenvalue weighted by Crippen LogP contribution is 2.33. The number of amides is 1. The fourth-order valence-electron chi connectivity index (χ4n) is 5.00. The number of hydrogen-bond donors (Lipinski definition) is 0. The summed E-state index contributed by atoms with van der Waals surface area (Å²) >= 11 is 0. The molecule has 0 bridgehead atoms. The maximum atomic E-state index is 14.3. The number of hydrogen-bond acceptors (Lipinski definition) is 7. The predicted octanol–water partition coefficient (Wildman–Crippen LogP) is 4.34. The van der Waals surface area contributed by atoms with Crippen molar-refractivity contribution < 1.29 is 14.1 Å². The maximum Gasteiger partial charge on any atom is 0.280 e. The van der Waals surface area contributed by atoms with E-state index < -0.39 is 10.7 Å². The molecule has 190 valence electrons. The maximum absolute atomic E-state index is 14.3. The average Bonchev–Trinajstić information content (AvgIpc) is 3.38. The van der Waals surface area contributed by atoms with Crippen LogP contribution in [-0.2, 0) is 0 Å². The molecule has 11 heteroatoms. The molecule has 0 aliphatic carbocycles. The van der Waals surface area contributed by atoms with Crippen molar-refractivity contribution in [2.75, 3.05) is 24.5 Å². The van der Waals surface area contributed by atoms with Crippen LogP contribution in [0.2, 0.25) is 0 Å². The third-order valence-corrected chi connectivity index (χ3v) is 6.85. The number of anilines is 1. The van der Waals surface area contributed by atoms with Gasteiger partial charge in [0.1, 0.15) is 5.82 Å². The van der Waals surface area contributed by atoms with Gasteiger partial charge in [-0.25, -0.2) is 13.8 Å². The van der Waals surface area contributed by atoms with Gasteiger partial charge in [0.2, 0.25) is 5.95 Å². The standard InChI is InChI=1S/C27H22FN7O3/c1-17-16-32(14-15-33(17)26(36)18-8-2-5-11-21(18)28)27-29-22-12-6-3-9-19(22)24-30-31-25(34(24)27)20-10-4-7-13-23(20)35(37)38/h2-13,17H,14-16H2,1H3. The Morgan fingerprint density at radius 1 is 1.00 bits per heavy atom. The molecule has 1 amide bonds. The first kappa shape index (κ1) is 23.5. The van der Waals surface area contributed by atoms with Crippen LogP contribution in [-0.4, -0.2) is 61.0 Å². The topological polar surface area (TPSA) is 110 Å². The van der Waals surface area contributed by atoms with Crippen LogP contribution < -0.4 is 4.90 Å². The summed E-state index contributed by atoms with van der Waals surface area (Å²) in [6.45, 7) is 3.07. The van der Waals surface area contributed by atoms with Crippen LogP contribution in [0.1, 0.15) is 17.3 Å². The van der Waals surface area contributed by atoms with E-state index in [9.17, 15) is 19.3 Å². The van der Waals surface area contributed by atoms with Crippen LogP contribution >= 0.6 is 0 Å². The van der Waals surface area contributed by atoms with Crippen molar-refractivity contribution in [3.05, 3.63) is 94.3 Å². The molecule has 0 spiro atoms. The van der Waals surface area contributed by atoms with Crippen molar-refractivity contribution in [2.45, 2.75) is 13.0 Å². The third kappa shape index (κ3) is 3.79. The Bertz CT molecular complexity index is 1720. The zero-order valence-electron chi connectivity index (χ0n) is 20.4. The average molecular weight is 512 g/mol. The van der Waals surface area contributed by atoms with Gasteiger partial charge in [-0.2, -0.15) is 0 Å². The van der Waals surface area contributed by atoms with Crippen LogP contribution in [0, 0.1) is 15.9 Å². The normalized spacial score (nSPS) is 15.8. The van der Waals surface area contributed by atoms with E-state index in [0.717, 1.165) is 5.39 Å². The number of piperazine rings is 1. The molecule has 1 saturated heterocycles. The van der Waals surface area contributed by atoms with E-state index in [2.05, 4.69) is 10.2 Å². The van der Waals surface area contributed by atoms with E-state index in [1.807, 2.05) is 36.1 Å². The van der Waals surface area contributed by atoms with Crippen molar-refractivity contribution in [3.8, 4) is 11.4 Å². The van der Waals surface area contributed by atoms with Crippen LogP contribution in [0.15, 0.2) is 72.8 Å². The number of para-hydroxylation sites is 2. The van der Waals surface area contributed by atoms with E-state index in [1.165, 1.54) is 18.2 Å². The highest BCUT2D eigenvalue weighted by Gasteiger charge is 2.32. The lowest BCUT2D eigenvalue weighted by Crippen LogP contribution is -2.54. The second-order valence-corrected chi connectivity index (χ2v) is 9.16. The van der Waals surface area contributed by atoms with Gasteiger partial charge < -0.3 is 9.80 Å². The molecule has 10 nitrogen and oxygen atoms in total. The Balaban J connectivity index is 1.45. The van der Waals surface area contributed by atoms with E-state index in [0.29, 0.717) is 48.1 Å². The Hall–Kier alpha value is -4.93. The quantitative estimate of drug-likeness (QED) is 0.261. The van der Waals surface area contributed by atoms with Gasteiger partial charge in [-0.05, 0) is 37.3 Å². The molecule has 3 heterocycles. The molecule has 1 aliphatic heterocycles. The van der Waals surface area contributed by atoms with Gasteiger partial charge in [-0.3, -0.25) is 14.9 Å². The summed E-state index contributed by atoms with van der Waals surface area (Å²) in [4.78, 5) is 33.1. The van der Waals surface area contributed by atoms with Gasteiger partial charge in [0.15, 0.2) is 11.5 Å². The largest absolute Gasteiger partial charge is 0.338 e. The van der Waals surface area contributed by atoms with Crippen molar-refractivity contribution in [3.63, 3.8) is 0 Å². The highest BCUT2D eigenvalue weighted by molar-refractivity contribution is 5.95. The fourth-order valence-corrected chi connectivity index (χ4v) is 5.00. The van der Waals surface area contributed by atoms with Crippen molar-refractivity contribution >= 4 is 34.1 Å². The summed E-state index contributed by atoms with van der Waals surface area (Å²) in [5.74, 6) is -0.0971. The number of nitro groups is 1. The van der Waals surface area contributed by atoms with Crippen LogP contribution in [0.3, 0.4) is 0 Å². The fraction of sp³-hybridized carbons (Fsp3) is 0.185. The number of carbonyl (C=O) groups is 1. The Morgan fingerprint density at radius 3 is 2.53 bits per heavy atom. The molecule has 1 unspecified atom stereocenters. The van der Waals surface area contributed by atoms with Crippen LogP contribution in [0.5, 0.6) is 0 Å². The summed E-state index contributed by atoms with van der Waals surface area (Å²) in [6, 6.07) is 19.6. The zero-order chi connectivity index (χ0) is 26.4. The number of carbonyl (C=O) groups excluding carboxylic acids is 1. The van der Waals surface area contributed by atoms with Gasteiger partial charge in [-0.15, -0.1) is 10.2 Å². The molecule has 2 aromatic heterocycles. The van der Waals surface area contributed by atoms with E-state index in [4.69, 9.17) is 4.98 Å². The van der Waals surface area contributed by atoms with Crippen molar-refractivity contribution in [2.24, 2.45) is 0 Å². The minimum atomic E-state index is -0.552. The summed E-state index contributed by atoms with van der Waals surface area (Å²) in [6.07, 6.45) is 0. The second kappa shape index (κ2) is 9.18. The first-order valence-electron chi connectivity index (χ1n) is 12.1. The molecule has 38 heavy (non-hydrogen) atoms. The number of nitro benzene ring substituents is 1. The minimum Gasteiger partial charge on any atom is -0.338 e. The Kier molecular flexibility index (Phi) is 5.67. The van der Waals surface area contributed by atoms with Crippen LogP contribution in [0.25, 0.3) is 27.9 Å². The van der Waals surface area contributed by atoms with Gasteiger partial charge in [-0.1, -0.05) is 36.4 Å². The molecule has 0 saturated carbocycles. The molecule has 0 N–H and O–H groups in total. The van der Waals surface area contributed by atoms with E-state index in [1.54, 1.807) is 39.6 Å². The Morgan fingerprint density at radius 2 is 1.74 bits per heavy atom. The number of rotatable bonds is 4. The molecule has 3 aromatic carbocycles. The molecule has 5 aromatic rings. The number of benzene rings is 3. The molecule has 1 atom stereocenters. The Labute approximate surface area is 216 Å². The monoisotopic (exact) mass is 511 g/mol. The minimum absolute atomic E-state index is 0.0384. The first-order chi connectivity index (χ1) is 18.4. The zero-order valence-corrected chi connectivity index (χ0v) is 20.4. The predicted molar refractivity (Wildman–Crippen MR) is 139 cm³/mol. The highest BCUT2D eigenvalue weighted by atomic mass is 19.1. The molecule has 1 aliphatic rings. The summed E-state index contributed by atoms with van der Waals surface area (Å²) in [5.41, 5.74) is 1.50. The molecule has 0 radical (unpaired) electrons. The number of nitrogens with zero attached hydrogens (tertiary/aromatic N) is 7. The molecule has 6 rings (SSSR count). The molecular formula is C27H22FN7O3. The SMILES string of the molecule is CC1CN(c2nc3ccccc3c3nnc(-c4ccccc4[N+](=O)[O-])n23)CCN1C(=O)c1ccccc1F. The molecular weight excluding hydrogens is 489 g/mol. The number of aromatic nitrogens is 4. The molecule has 1 fully saturated rings. The number of fused-ring (bicyclic) bond motifs is 3. The van der Waals surface area contributed by atoms with Gasteiger partial charge in [0.05, 0.1) is 21.6 Å². The first-order valence-corrected chi connectivity index (χ1v) is 12.1. The van der Waals surface area contributed by atoms with Crippen molar-refractivity contribution in [1.29, 1.82) is 0 Å². The van der Waals surface area contributed by atoms with Gasteiger partial charge in [0.25, 0.3) is 11.6 Å². The van der Waals surface area contributed by atoms with E-state index >= 15 is 0 Å². The van der Waals surface area contributed by atoms with Gasteiger partial charge >= 0.3 is 0 Å². The summed E-state index contributed by atoms with van der Waals surface area (Å²) in [7, 11) is 0. The third-order valence-electron chi connectivity index (χ3n) is 6.85. The van der Waals surface area contributed by atoms with Crippen LogP contribution in [0.4, 0.5) is 16.0 Å². The van der Waals surface area contributed by atoms with Gasteiger partial charge in [0, 0.05) is 37.1 Å². The smallest absolute Gasteiger partial charge is 0.280 e.